The van der Waals surface area contributed by atoms with E-state index < -0.39 is 5.60 Å². The topological polar surface area (TPSA) is 92.1 Å². The molecule has 1 N–H and O–H groups in total. The maximum atomic E-state index is 13.2. The Kier molecular flexibility index (Phi) is 9.21. The van der Waals surface area contributed by atoms with E-state index in [0.29, 0.717) is 31.2 Å². The summed E-state index contributed by atoms with van der Waals surface area (Å²) in [6.07, 6.45) is 1.50. The van der Waals surface area contributed by atoms with E-state index in [1.165, 1.54) is 5.56 Å². The molecule has 0 unspecified atom stereocenters. The van der Waals surface area contributed by atoms with Gasteiger partial charge in [-0.3, -0.25) is 9.80 Å². The van der Waals surface area contributed by atoms with Crippen LogP contribution < -0.4 is 10.2 Å². The maximum absolute atomic E-state index is 13.2. The molecule has 2 saturated heterocycles. The molecule has 0 saturated carbocycles. The molecule has 0 aromatic heterocycles. The van der Waals surface area contributed by atoms with E-state index in [1.807, 2.05) is 74.0 Å². The Hall–Kier alpha value is -3.77. The summed E-state index contributed by atoms with van der Waals surface area (Å²) in [5.74, 6) is 0. The molecule has 2 aromatic rings. The molecule has 2 aliphatic heterocycles. The summed E-state index contributed by atoms with van der Waals surface area (Å²) in [6.45, 7) is 12.1. The van der Waals surface area contributed by atoms with Gasteiger partial charge < -0.3 is 19.9 Å². The van der Waals surface area contributed by atoms with Gasteiger partial charge >= 0.3 is 12.1 Å². The molecule has 2 fully saturated rings. The molecular weight excluding hydrogens is 504 g/mol. The average Bonchev–Trinajstić information content (AvgIpc) is 2.92. The predicted molar refractivity (Wildman–Crippen MR) is 157 cm³/mol. The number of carbonyl (C=O) groups excluding carboxylic acids is 2. The minimum absolute atomic E-state index is 0.0108. The van der Waals surface area contributed by atoms with E-state index in [9.17, 15) is 9.59 Å². The van der Waals surface area contributed by atoms with E-state index in [0.717, 1.165) is 43.9 Å². The summed E-state index contributed by atoms with van der Waals surface area (Å²) >= 11 is 0. The molecule has 214 valence electrons. The van der Waals surface area contributed by atoms with Gasteiger partial charge in [0.05, 0.1) is 11.6 Å². The minimum atomic E-state index is -0.495. The fourth-order valence-corrected chi connectivity index (χ4v) is 5.27. The molecule has 9 heteroatoms. The normalized spacial score (nSPS) is 18.6. The number of nitrogens with one attached hydrogen (secondary N) is 1. The van der Waals surface area contributed by atoms with Crippen LogP contribution in [0.4, 0.5) is 21.0 Å². The van der Waals surface area contributed by atoms with Crippen LogP contribution in [0.3, 0.4) is 0 Å². The van der Waals surface area contributed by atoms with E-state index in [-0.39, 0.29) is 18.2 Å². The highest BCUT2D eigenvalue weighted by atomic mass is 16.6. The lowest BCUT2D eigenvalue weighted by Gasteiger charge is -2.40. The van der Waals surface area contributed by atoms with Crippen LogP contribution in [-0.4, -0.2) is 84.3 Å². The van der Waals surface area contributed by atoms with Crippen LogP contribution in [0.2, 0.25) is 0 Å². The fraction of sp³-hybridized carbons (Fsp3) is 0.516. The van der Waals surface area contributed by atoms with Crippen LogP contribution in [0.5, 0.6) is 0 Å². The minimum Gasteiger partial charge on any atom is -0.444 e. The number of rotatable bonds is 5. The average molecular weight is 547 g/mol. The largest absolute Gasteiger partial charge is 0.444 e. The zero-order chi connectivity index (χ0) is 28.9. The molecule has 1 atom stereocenters. The Bertz CT molecular complexity index is 1190. The SMILES string of the molecule is C[C@H]1CN(Cc2ccc(N(C)C(=O)N3CCC(Nc4ccc(C#N)cc4)CC3)cc2)CCN1C(=O)OC(C)(C)C. The molecule has 0 spiro atoms. The number of piperidine rings is 1. The van der Waals surface area contributed by atoms with E-state index in [2.05, 4.69) is 35.3 Å². The van der Waals surface area contributed by atoms with Crippen molar-refractivity contribution in [1.29, 1.82) is 5.26 Å². The van der Waals surface area contributed by atoms with Crippen molar-refractivity contribution in [2.45, 2.75) is 64.8 Å². The van der Waals surface area contributed by atoms with Gasteiger partial charge in [0, 0.05) is 69.8 Å². The smallest absolute Gasteiger partial charge is 0.410 e. The number of amides is 3. The van der Waals surface area contributed by atoms with E-state index >= 15 is 0 Å². The number of nitriles is 1. The first-order chi connectivity index (χ1) is 19.0. The molecule has 3 amide bonds. The second-order valence-electron chi connectivity index (χ2n) is 11.9. The van der Waals surface area contributed by atoms with Crippen molar-refractivity contribution in [3.05, 3.63) is 59.7 Å². The van der Waals surface area contributed by atoms with Crippen LogP contribution in [0.15, 0.2) is 48.5 Å². The molecule has 2 aliphatic rings. The highest BCUT2D eigenvalue weighted by Crippen LogP contribution is 2.22. The number of benzene rings is 2. The first kappa shape index (κ1) is 29.2. The van der Waals surface area contributed by atoms with Crippen molar-refractivity contribution >= 4 is 23.5 Å². The van der Waals surface area contributed by atoms with Crippen LogP contribution in [-0.2, 0) is 11.3 Å². The molecular formula is C31H42N6O3. The summed E-state index contributed by atoms with van der Waals surface area (Å²) in [7, 11) is 1.83. The predicted octanol–water partition coefficient (Wildman–Crippen LogP) is 5.13. The molecule has 9 nitrogen and oxygen atoms in total. The number of hydrogen-bond donors (Lipinski definition) is 1. The number of nitrogens with zero attached hydrogens (tertiary/aromatic N) is 5. The fourth-order valence-electron chi connectivity index (χ4n) is 5.27. The summed E-state index contributed by atoms with van der Waals surface area (Å²) in [5, 5.41) is 12.5. The van der Waals surface area contributed by atoms with Gasteiger partial charge in [-0.15, -0.1) is 0 Å². The van der Waals surface area contributed by atoms with Crippen LogP contribution >= 0.6 is 0 Å². The Morgan fingerprint density at radius 3 is 2.25 bits per heavy atom. The van der Waals surface area contributed by atoms with Crippen molar-refractivity contribution in [3.8, 4) is 6.07 Å². The van der Waals surface area contributed by atoms with E-state index in [1.54, 1.807) is 4.90 Å². The highest BCUT2D eigenvalue weighted by Gasteiger charge is 2.31. The number of likely N-dealkylation sites (tertiary alicyclic amines) is 1. The molecule has 0 bridgehead atoms. The molecule has 4 rings (SSSR count). The first-order valence-electron chi connectivity index (χ1n) is 14.1. The quantitative estimate of drug-likeness (QED) is 0.559. The number of carbonyl (C=O) groups is 2. The lowest BCUT2D eigenvalue weighted by atomic mass is 10.0. The van der Waals surface area contributed by atoms with Crippen molar-refractivity contribution in [1.82, 2.24) is 14.7 Å². The summed E-state index contributed by atoms with van der Waals surface area (Å²) in [6, 6.07) is 18.2. The lowest BCUT2D eigenvalue weighted by Crippen LogP contribution is -2.54. The summed E-state index contributed by atoms with van der Waals surface area (Å²) < 4.78 is 5.56. The zero-order valence-corrected chi connectivity index (χ0v) is 24.4. The van der Waals surface area contributed by atoms with Gasteiger partial charge in [0.25, 0.3) is 0 Å². The van der Waals surface area contributed by atoms with Gasteiger partial charge in [0.1, 0.15) is 5.60 Å². The third-order valence-corrected chi connectivity index (χ3v) is 7.51. The molecule has 2 heterocycles. The van der Waals surface area contributed by atoms with E-state index in [4.69, 9.17) is 10.00 Å². The van der Waals surface area contributed by atoms with Gasteiger partial charge in [0.2, 0.25) is 0 Å². The Morgan fingerprint density at radius 2 is 1.68 bits per heavy atom. The second-order valence-corrected chi connectivity index (χ2v) is 11.9. The Labute approximate surface area is 238 Å². The van der Waals surface area contributed by atoms with Crippen molar-refractivity contribution in [2.75, 3.05) is 50.0 Å². The molecule has 0 radical (unpaired) electrons. The van der Waals surface area contributed by atoms with Gasteiger partial charge in [0.15, 0.2) is 0 Å². The third-order valence-electron chi connectivity index (χ3n) is 7.51. The van der Waals surface area contributed by atoms with Crippen LogP contribution in [0.1, 0.15) is 51.7 Å². The van der Waals surface area contributed by atoms with Crippen LogP contribution in [0.25, 0.3) is 0 Å². The maximum Gasteiger partial charge on any atom is 0.410 e. The Morgan fingerprint density at radius 1 is 1.02 bits per heavy atom. The first-order valence-corrected chi connectivity index (χ1v) is 14.1. The number of ether oxygens (including phenoxy) is 1. The highest BCUT2D eigenvalue weighted by molar-refractivity contribution is 5.91. The van der Waals surface area contributed by atoms with Gasteiger partial charge in [-0.2, -0.15) is 5.26 Å². The third kappa shape index (κ3) is 7.66. The van der Waals surface area contributed by atoms with Crippen LogP contribution in [0, 0.1) is 11.3 Å². The lowest BCUT2D eigenvalue weighted by molar-refractivity contribution is 0.000555. The Balaban J connectivity index is 1.23. The van der Waals surface area contributed by atoms with Gasteiger partial charge in [-0.05, 0) is 82.5 Å². The monoisotopic (exact) mass is 546 g/mol. The van der Waals surface area contributed by atoms with Gasteiger partial charge in [-0.1, -0.05) is 12.1 Å². The van der Waals surface area contributed by atoms with Crippen molar-refractivity contribution in [3.63, 3.8) is 0 Å². The number of hydrogen-bond acceptors (Lipinski definition) is 6. The molecule has 0 aliphatic carbocycles. The van der Waals surface area contributed by atoms with Crippen molar-refractivity contribution in [2.24, 2.45) is 0 Å². The number of piperazine rings is 1. The standard InChI is InChI=1S/C31H42N6O3/c1-23-21-35(18-19-37(23)30(39)40-31(2,3)4)22-25-8-12-28(13-9-25)34(5)29(38)36-16-14-27(15-17-36)33-26-10-6-24(20-32)7-11-26/h6-13,23,27,33H,14-19,21-22H2,1-5H3/t23-/m0/s1. The number of urea groups is 1. The molecule has 40 heavy (non-hydrogen) atoms. The van der Waals surface area contributed by atoms with Crippen molar-refractivity contribution < 1.29 is 14.3 Å². The summed E-state index contributed by atoms with van der Waals surface area (Å²) in [4.78, 5) is 33.5. The van der Waals surface area contributed by atoms with Gasteiger partial charge in [-0.25, -0.2) is 9.59 Å². The number of anilines is 2. The second kappa shape index (κ2) is 12.6. The summed E-state index contributed by atoms with van der Waals surface area (Å²) in [5.41, 5.74) is 3.20. The molecule has 2 aromatic carbocycles. The zero-order valence-electron chi connectivity index (χ0n) is 24.4.